The Bertz CT molecular complexity index is 632. The van der Waals surface area contributed by atoms with Gasteiger partial charge in [-0.05, 0) is 18.6 Å². The van der Waals surface area contributed by atoms with Crippen LogP contribution in [-0.4, -0.2) is 46.4 Å². The van der Waals surface area contributed by atoms with Gasteiger partial charge < -0.3 is 16.0 Å². The number of carbonyl (C=O) groups is 3. The molecule has 1 aromatic rings. The van der Waals surface area contributed by atoms with Gasteiger partial charge in [0.25, 0.3) is 11.8 Å². The van der Waals surface area contributed by atoms with Crippen molar-refractivity contribution >= 4 is 17.8 Å². The van der Waals surface area contributed by atoms with E-state index in [2.05, 4.69) is 15.6 Å². The summed E-state index contributed by atoms with van der Waals surface area (Å²) in [6.45, 7) is 0.833. The predicted molar refractivity (Wildman–Crippen MR) is 72.1 cm³/mol. The third-order valence-corrected chi connectivity index (χ3v) is 3.84. The molecule has 21 heavy (non-hydrogen) atoms. The van der Waals surface area contributed by atoms with Crippen molar-refractivity contribution in [1.82, 2.24) is 20.5 Å². The maximum absolute atomic E-state index is 12.5. The minimum absolute atomic E-state index is 0.170. The van der Waals surface area contributed by atoms with Gasteiger partial charge in [0.1, 0.15) is 5.54 Å². The smallest absolute Gasteiger partial charge is 0.322 e. The van der Waals surface area contributed by atoms with Crippen LogP contribution in [0.2, 0.25) is 0 Å². The number of amides is 4. The van der Waals surface area contributed by atoms with Crippen LogP contribution in [0.15, 0.2) is 18.3 Å². The first-order chi connectivity index (χ1) is 10.0. The Morgan fingerprint density at radius 2 is 2.29 bits per heavy atom. The highest BCUT2D eigenvalue weighted by molar-refractivity contribution is 6.08. The van der Waals surface area contributed by atoms with Gasteiger partial charge in [-0.3, -0.25) is 19.9 Å². The summed E-state index contributed by atoms with van der Waals surface area (Å²) >= 11 is 0. The minimum atomic E-state index is -0.990. The summed E-state index contributed by atoms with van der Waals surface area (Å²) in [5.41, 5.74) is 5.63. The first kappa shape index (κ1) is 13.5. The van der Waals surface area contributed by atoms with Crippen LogP contribution < -0.4 is 16.4 Å². The number of nitrogens with zero attached hydrogens (tertiary/aromatic N) is 2. The summed E-state index contributed by atoms with van der Waals surface area (Å²) in [6, 6.07) is 2.74. The third-order valence-electron chi connectivity index (χ3n) is 3.84. The highest BCUT2D eigenvalue weighted by Crippen LogP contribution is 2.25. The Kier molecular flexibility index (Phi) is 3.09. The molecule has 0 aliphatic carbocycles. The van der Waals surface area contributed by atoms with E-state index in [-0.39, 0.29) is 24.9 Å². The molecule has 2 fully saturated rings. The van der Waals surface area contributed by atoms with Gasteiger partial charge >= 0.3 is 6.03 Å². The summed E-state index contributed by atoms with van der Waals surface area (Å²) in [7, 11) is 0. The molecule has 1 aromatic heterocycles. The Morgan fingerprint density at radius 3 is 2.95 bits per heavy atom. The second-order valence-corrected chi connectivity index (χ2v) is 5.21. The number of likely N-dealkylation sites (tertiary alicyclic amines) is 1. The van der Waals surface area contributed by atoms with Gasteiger partial charge in [-0.25, -0.2) is 4.79 Å². The number of nitrogens with two attached hydrogens (primary N) is 1. The molecular formula is C13H15N5O3. The van der Waals surface area contributed by atoms with Crippen molar-refractivity contribution in [2.75, 3.05) is 13.1 Å². The quantitative estimate of drug-likeness (QED) is 0.601. The number of rotatable bonds is 2. The van der Waals surface area contributed by atoms with Crippen LogP contribution in [0.4, 0.5) is 4.79 Å². The van der Waals surface area contributed by atoms with Gasteiger partial charge in [0.15, 0.2) is 0 Å². The Hall–Kier alpha value is -2.48. The van der Waals surface area contributed by atoms with E-state index < -0.39 is 11.6 Å². The molecule has 3 heterocycles. The van der Waals surface area contributed by atoms with Gasteiger partial charge in [0.05, 0.1) is 12.2 Å². The Morgan fingerprint density at radius 1 is 1.48 bits per heavy atom. The monoisotopic (exact) mass is 289 g/mol. The highest BCUT2D eigenvalue weighted by Gasteiger charge is 2.51. The SMILES string of the molecule is NCc1cc(C(=O)N2CCC3(C2)NC(=O)NC3=O)ccn1. The number of imide groups is 1. The number of urea groups is 1. The normalized spacial score (nSPS) is 24.3. The second-order valence-electron chi connectivity index (χ2n) is 5.21. The molecule has 110 valence electrons. The molecule has 8 nitrogen and oxygen atoms in total. The van der Waals surface area contributed by atoms with Crippen LogP contribution in [-0.2, 0) is 11.3 Å². The molecule has 2 aliphatic heterocycles. The van der Waals surface area contributed by atoms with Gasteiger partial charge in [-0.15, -0.1) is 0 Å². The topological polar surface area (TPSA) is 117 Å². The van der Waals surface area contributed by atoms with E-state index in [0.29, 0.717) is 24.2 Å². The first-order valence-electron chi connectivity index (χ1n) is 6.62. The average Bonchev–Trinajstić information content (AvgIpc) is 3.03. The van der Waals surface area contributed by atoms with Crippen molar-refractivity contribution < 1.29 is 14.4 Å². The lowest BCUT2D eigenvalue weighted by atomic mass is 9.99. The Labute approximate surface area is 120 Å². The Balaban J connectivity index is 1.78. The standard InChI is InChI=1S/C13H15N5O3/c14-6-9-5-8(1-3-15-9)10(19)18-4-2-13(7-18)11(20)16-12(21)17-13/h1,3,5H,2,4,6-7,14H2,(H2,16,17,20,21). The molecule has 0 saturated carbocycles. The van der Waals surface area contributed by atoms with E-state index >= 15 is 0 Å². The molecule has 0 aromatic carbocycles. The van der Waals surface area contributed by atoms with Crippen LogP contribution in [0, 0.1) is 0 Å². The number of nitrogens with one attached hydrogen (secondary N) is 2. The van der Waals surface area contributed by atoms with Crippen molar-refractivity contribution in [3.8, 4) is 0 Å². The van der Waals surface area contributed by atoms with E-state index in [9.17, 15) is 14.4 Å². The fourth-order valence-electron chi connectivity index (χ4n) is 2.70. The van der Waals surface area contributed by atoms with Crippen LogP contribution in [0.1, 0.15) is 22.5 Å². The van der Waals surface area contributed by atoms with Gasteiger partial charge in [0, 0.05) is 24.8 Å². The van der Waals surface area contributed by atoms with Gasteiger partial charge in [-0.2, -0.15) is 0 Å². The van der Waals surface area contributed by atoms with E-state index in [1.807, 2.05) is 0 Å². The molecule has 2 saturated heterocycles. The van der Waals surface area contributed by atoms with Crippen molar-refractivity contribution in [1.29, 1.82) is 0 Å². The minimum Gasteiger partial charge on any atom is -0.336 e. The van der Waals surface area contributed by atoms with Crippen molar-refractivity contribution in [2.24, 2.45) is 5.73 Å². The lowest BCUT2D eigenvalue weighted by Gasteiger charge is -2.21. The lowest BCUT2D eigenvalue weighted by molar-refractivity contribution is -0.123. The van der Waals surface area contributed by atoms with E-state index in [4.69, 9.17) is 5.73 Å². The number of carbonyl (C=O) groups excluding carboxylic acids is 3. The maximum atomic E-state index is 12.5. The first-order valence-corrected chi connectivity index (χ1v) is 6.62. The van der Waals surface area contributed by atoms with Crippen molar-refractivity contribution in [3.63, 3.8) is 0 Å². The molecule has 4 amide bonds. The molecule has 0 radical (unpaired) electrons. The molecule has 0 bridgehead atoms. The third kappa shape index (κ3) is 2.23. The molecule has 8 heteroatoms. The fraction of sp³-hybridized carbons (Fsp3) is 0.385. The summed E-state index contributed by atoms with van der Waals surface area (Å²) in [4.78, 5) is 41.2. The van der Waals surface area contributed by atoms with Crippen LogP contribution in [0.3, 0.4) is 0 Å². The molecule has 2 aliphatic rings. The largest absolute Gasteiger partial charge is 0.336 e. The number of pyridine rings is 1. The summed E-state index contributed by atoms with van der Waals surface area (Å²) in [5.74, 6) is -0.571. The van der Waals surface area contributed by atoms with E-state index in [1.165, 1.54) is 6.20 Å². The van der Waals surface area contributed by atoms with Crippen LogP contribution in [0.5, 0.6) is 0 Å². The molecular weight excluding hydrogens is 274 g/mol. The second kappa shape index (κ2) is 4.81. The summed E-state index contributed by atoms with van der Waals surface area (Å²) in [6.07, 6.45) is 1.94. The summed E-state index contributed by atoms with van der Waals surface area (Å²) < 4.78 is 0. The van der Waals surface area contributed by atoms with Crippen molar-refractivity contribution in [3.05, 3.63) is 29.6 Å². The van der Waals surface area contributed by atoms with Gasteiger partial charge in [-0.1, -0.05) is 0 Å². The average molecular weight is 289 g/mol. The van der Waals surface area contributed by atoms with Crippen molar-refractivity contribution in [2.45, 2.75) is 18.5 Å². The molecule has 1 spiro atoms. The predicted octanol–water partition coefficient (Wildman–Crippen LogP) is -1.04. The van der Waals surface area contributed by atoms with E-state index in [0.717, 1.165) is 0 Å². The zero-order valence-electron chi connectivity index (χ0n) is 11.3. The van der Waals surface area contributed by atoms with Crippen LogP contribution in [0.25, 0.3) is 0 Å². The van der Waals surface area contributed by atoms with Crippen LogP contribution >= 0.6 is 0 Å². The maximum Gasteiger partial charge on any atom is 0.322 e. The molecule has 4 N–H and O–H groups in total. The summed E-state index contributed by atoms with van der Waals surface area (Å²) in [5, 5.41) is 4.83. The number of hydrogen-bond donors (Lipinski definition) is 3. The zero-order chi connectivity index (χ0) is 15.0. The molecule has 3 rings (SSSR count). The number of aromatic nitrogens is 1. The van der Waals surface area contributed by atoms with E-state index in [1.54, 1.807) is 17.0 Å². The lowest BCUT2D eigenvalue weighted by Crippen LogP contribution is -2.49. The fourth-order valence-corrected chi connectivity index (χ4v) is 2.70. The molecule has 1 unspecified atom stereocenters. The zero-order valence-corrected chi connectivity index (χ0v) is 11.3. The highest BCUT2D eigenvalue weighted by atomic mass is 16.2. The number of hydrogen-bond acceptors (Lipinski definition) is 5. The molecule has 1 atom stereocenters. The van der Waals surface area contributed by atoms with Gasteiger partial charge in [0.2, 0.25) is 0 Å².